The van der Waals surface area contributed by atoms with E-state index in [0.717, 1.165) is 18.0 Å². The van der Waals surface area contributed by atoms with Gasteiger partial charge in [-0.05, 0) is 38.2 Å². The normalized spacial score (nSPS) is 24.3. The summed E-state index contributed by atoms with van der Waals surface area (Å²) in [6, 6.07) is 2.69. The first-order valence-corrected chi connectivity index (χ1v) is 7.89. The average molecular weight is 262 g/mol. The summed E-state index contributed by atoms with van der Waals surface area (Å²) in [4.78, 5) is 0. The molecule has 3 rings (SSSR count). The second-order valence-electron chi connectivity index (χ2n) is 6.90. The van der Waals surface area contributed by atoms with Gasteiger partial charge in [0.05, 0.1) is 17.3 Å². The molecule has 2 saturated carbocycles. The summed E-state index contributed by atoms with van der Waals surface area (Å²) in [7, 11) is 0. The number of aliphatic hydroxyl groups is 1. The lowest BCUT2D eigenvalue weighted by Gasteiger charge is -2.33. The molecule has 1 atom stereocenters. The van der Waals surface area contributed by atoms with Crippen LogP contribution in [0.25, 0.3) is 0 Å². The van der Waals surface area contributed by atoms with Crippen LogP contribution >= 0.6 is 0 Å². The molecule has 2 aliphatic rings. The topological polar surface area (TPSA) is 38.0 Å². The van der Waals surface area contributed by atoms with Crippen LogP contribution in [0.5, 0.6) is 0 Å². The third kappa shape index (κ3) is 3.19. The number of rotatable bonds is 5. The minimum absolute atomic E-state index is 0.583. The Balaban J connectivity index is 1.59. The Morgan fingerprint density at radius 2 is 2.00 bits per heavy atom. The SMILES string of the molecule is CC(O)(Cc1ccn(C2CCCC2)n1)CC1CCC1. The van der Waals surface area contributed by atoms with Crippen LogP contribution < -0.4 is 0 Å². The van der Waals surface area contributed by atoms with Gasteiger partial charge in [-0.3, -0.25) is 4.68 Å². The maximum atomic E-state index is 10.5. The first-order chi connectivity index (χ1) is 9.12. The van der Waals surface area contributed by atoms with E-state index in [1.807, 2.05) is 6.92 Å². The molecular weight excluding hydrogens is 236 g/mol. The highest BCUT2D eigenvalue weighted by Crippen LogP contribution is 2.35. The van der Waals surface area contributed by atoms with Crippen LogP contribution in [0.15, 0.2) is 12.3 Å². The van der Waals surface area contributed by atoms with E-state index in [2.05, 4.69) is 22.0 Å². The second-order valence-corrected chi connectivity index (χ2v) is 6.90. The van der Waals surface area contributed by atoms with Gasteiger partial charge < -0.3 is 5.11 Å². The Labute approximate surface area is 116 Å². The fourth-order valence-corrected chi connectivity index (χ4v) is 3.63. The molecule has 3 nitrogen and oxygen atoms in total. The van der Waals surface area contributed by atoms with E-state index >= 15 is 0 Å². The zero-order chi connectivity index (χ0) is 13.3. The quantitative estimate of drug-likeness (QED) is 0.882. The van der Waals surface area contributed by atoms with Gasteiger partial charge in [-0.15, -0.1) is 0 Å². The standard InChI is InChI=1S/C16H26N2O/c1-16(19,11-13-5-4-6-13)12-14-9-10-18(17-14)15-7-2-3-8-15/h9-10,13,15,19H,2-8,11-12H2,1H3. The molecule has 2 aliphatic carbocycles. The Hall–Kier alpha value is -0.830. The highest BCUT2D eigenvalue weighted by Gasteiger charge is 2.30. The fraction of sp³-hybridized carbons (Fsp3) is 0.812. The van der Waals surface area contributed by atoms with E-state index in [4.69, 9.17) is 0 Å². The first kappa shape index (κ1) is 13.2. The summed E-state index contributed by atoms with van der Waals surface area (Å²) in [5, 5.41) is 15.2. The molecule has 0 radical (unpaired) electrons. The third-order valence-corrected chi connectivity index (χ3v) is 4.88. The van der Waals surface area contributed by atoms with Gasteiger partial charge in [0.25, 0.3) is 0 Å². The van der Waals surface area contributed by atoms with Crippen LogP contribution in [-0.4, -0.2) is 20.5 Å². The molecule has 3 heteroatoms. The summed E-state index contributed by atoms with van der Waals surface area (Å²) in [6.45, 7) is 1.97. The van der Waals surface area contributed by atoms with Crippen molar-refractivity contribution < 1.29 is 5.11 Å². The zero-order valence-corrected chi connectivity index (χ0v) is 12.0. The van der Waals surface area contributed by atoms with Crippen molar-refractivity contribution >= 4 is 0 Å². The van der Waals surface area contributed by atoms with Crippen LogP contribution in [0.1, 0.15) is 70.0 Å². The molecule has 1 heterocycles. The third-order valence-electron chi connectivity index (χ3n) is 4.88. The van der Waals surface area contributed by atoms with Gasteiger partial charge in [0, 0.05) is 12.6 Å². The summed E-state index contributed by atoms with van der Waals surface area (Å²) >= 11 is 0. The summed E-state index contributed by atoms with van der Waals surface area (Å²) < 4.78 is 2.13. The van der Waals surface area contributed by atoms with Crippen LogP contribution in [0, 0.1) is 5.92 Å². The predicted octanol–water partition coefficient (Wildman–Crippen LogP) is 3.48. The van der Waals surface area contributed by atoms with Gasteiger partial charge in [0.1, 0.15) is 0 Å². The van der Waals surface area contributed by atoms with Crippen LogP contribution in [0.3, 0.4) is 0 Å². The Bertz CT molecular complexity index is 414. The molecule has 0 aromatic carbocycles. The Morgan fingerprint density at radius 3 is 2.63 bits per heavy atom. The fourth-order valence-electron chi connectivity index (χ4n) is 3.63. The lowest BCUT2D eigenvalue weighted by molar-refractivity contribution is 0.0195. The molecule has 1 aromatic heterocycles. The molecule has 0 amide bonds. The number of nitrogens with zero attached hydrogens (tertiary/aromatic N) is 2. The monoisotopic (exact) mass is 262 g/mol. The van der Waals surface area contributed by atoms with Crippen molar-refractivity contribution in [2.75, 3.05) is 0 Å². The smallest absolute Gasteiger partial charge is 0.0678 e. The van der Waals surface area contributed by atoms with E-state index in [-0.39, 0.29) is 0 Å². The molecule has 0 saturated heterocycles. The van der Waals surface area contributed by atoms with E-state index < -0.39 is 5.60 Å². The highest BCUT2D eigenvalue weighted by atomic mass is 16.3. The molecule has 106 valence electrons. The molecular formula is C16H26N2O. The second kappa shape index (κ2) is 5.28. The van der Waals surface area contributed by atoms with E-state index in [1.54, 1.807) is 0 Å². The van der Waals surface area contributed by atoms with E-state index in [0.29, 0.717) is 12.5 Å². The summed E-state index contributed by atoms with van der Waals surface area (Å²) in [5.41, 5.74) is 0.469. The zero-order valence-electron chi connectivity index (χ0n) is 12.0. The van der Waals surface area contributed by atoms with Crippen molar-refractivity contribution in [3.8, 4) is 0 Å². The van der Waals surface area contributed by atoms with E-state index in [9.17, 15) is 5.11 Å². The number of hydrogen-bond acceptors (Lipinski definition) is 2. The lowest BCUT2D eigenvalue weighted by atomic mass is 9.76. The number of hydrogen-bond donors (Lipinski definition) is 1. The van der Waals surface area contributed by atoms with Crippen molar-refractivity contribution in [2.45, 2.75) is 76.4 Å². The largest absolute Gasteiger partial charge is 0.390 e. The van der Waals surface area contributed by atoms with Crippen LogP contribution in [0.4, 0.5) is 0 Å². The molecule has 0 aliphatic heterocycles. The Kier molecular flexibility index (Phi) is 3.66. The molecule has 1 N–H and O–H groups in total. The van der Waals surface area contributed by atoms with Crippen molar-refractivity contribution in [2.24, 2.45) is 5.92 Å². The van der Waals surface area contributed by atoms with Gasteiger partial charge in [0.15, 0.2) is 0 Å². The predicted molar refractivity (Wildman–Crippen MR) is 76.0 cm³/mol. The van der Waals surface area contributed by atoms with Crippen molar-refractivity contribution in [1.82, 2.24) is 9.78 Å². The summed E-state index contributed by atoms with van der Waals surface area (Å²) in [5.74, 6) is 0.743. The molecule has 1 aromatic rings. The maximum absolute atomic E-state index is 10.5. The molecule has 1 unspecified atom stereocenters. The Morgan fingerprint density at radius 1 is 1.26 bits per heavy atom. The van der Waals surface area contributed by atoms with Crippen LogP contribution in [-0.2, 0) is 6.42 Å². The first-order valence-electron chi connectivity index (χ1n) is 7.89. The van der Waals surface area contributed by atoms with Crippen LogP contribution in [0.2, 0.25) is 0 Å². The molecule has 19 heavy (non-hydrogen) atoms. The summed E-state index contributed by atoms with van der Waals surface area (Å²) in [6.07, 6.45) is 12.9. The van der Waals surface area contributed by atoms with E-state index in [1.165, 1.54) is 44.9 Å². The molecule has 2 fully saturated rings. The van der Waals surface area contributed by atoms with Gasteiger partial charge in [-0.25, -0.2) is 0 Å². The van der Waals surface area contributed by atoms with Gasteiger partial charge in [0.2, 0.25) is 0 Å². The van der Waals surface area contributed by atoms with Gasteiger partial charge in [-0.1, -0.05) is 32.1 Å². The molecule has 0 bridgehead atoms. The number of aromatic nitrogens is 2. The molecule has 0 spiro atoms. The minimum Gasteiger partial charge on any atom is -0.390 e. The van der Waals surface area contributed by atoms with Gasteiger partial charge in [-0.2, -0.15) is 5.10 Å². The average Bonchev–Trinajstić information content (AvgIpc) is 2.92. The maximum Gasteiger partial charge on any atom is 0.0678 e. The minimum atomic E-state index is -0.583. The lowest BCUT2D eigenvalue weighted by Crippen LogP contribution is -2.32. The van der Waals surface area contributed by atoms with Crippen molar-refractivity contribution in [1.29, 1.82) is 0 Å². The van der Waals surface area contributed by atoms with Crippen molar-refractivity contribution in [3.05, 3.63) is 18.0 Å². The van der Waals surface area contributed by atoms with Crippen molar-refractivity contribution in [3.63, 3.8) is 0 Å². The van der Waals surface area contributed by atoms with Gasteiger partial charge >= 0.3 is 0 Å². The highest BCUT2D eigenvalue weighted by molar-refractivity contribution is 5.04.